The standard InChI is InChI=1S/C11H11N3O3S/c1-6(15)5-18-11-12-10(13-14-11)8-3-2-7(16)4-9(8)17/h2-4,15-17H,1,5H2,(H,12,13,14). The second kappa shape index (κ2) is 5.01. The Morgan fingerprint density at radius 2 is 2.11 bits per heavy atom. The van der Waals surface area contributed by atoms with Gasteiger partial charge in [0, 0.05) is 6.07 Å². The minimum Gasteiger partial charge on any atom is -0.512 e. The van der Waals surface area contributed by atoms with Crippen LogP contribution in [0.5, 0.6) is 11.5 Å². The van der Waals surface area contributed by atoms with Crippen LogP contribution in [0.2, 0.25) is 0 Å². The molecule has 94 valence electrons. The highest BCUT2D eigenvalue weighted by molar-refractivity contribution is 7.99. The fourth-order valence-corrected chi connectivity index (χ4v) is 1.88. The van der Waals surface area contributed by atoms with Crippen LogP contribution < -0.4 is 0 Å². The largest absolute Gasteiger partial charge is 0.512 e. The predicted molar refractivity (Wildman–Crippen MR) is 67.6 cm³/mol. The fraction of sp³-hybridized carbons (Fsp3) is 0.0909. The zero-order valence-corrected chi connectivity index (χ0v) is 10.1. The lowest BCUT2D eigenvalue weighted by Crippen LogP contribution is -1.84. The van der Waals surface area contributed by atoms with E-state index in [1.165, 1.54) is 30.0 Å². The summed E-state index contributed by atoms with van der Waals surface area (Å²) < 4.78 is 0. The average molecular weight is 265 g/mol. The van der Waals surface area contributed by atoms with Gasteiger partial charge in [-0.2, -0.15) is 0 Å². The third-order valence-corrected chi connectivity index (χ3v) is 3.01. The summed E-state index contributed by atoms with van der Waals surface area (Å²) in [7, 11) is 0. The van der Waals surface area contributed by atoms with Crippen molar-refractivity contribution in [3.63, 3.8) is 0 Å². The van der Waals surface area contributed by atoms with Crippen molar-refractivity contribution in [3.8, 4) is 22.9 Å². The first-order valence-electron chi connectivity index (χ1n) is 5.01. The number of phenols is 2. The molecule has 2 aromatic rings. The molecule has 0 fully saturated rings. The quantitative estimate of drug-likeness (QED) is 0.498. The Bertz CT molecular complexity index is 583. The zero-order chi connectivity index (χ0) is 13.1. The first-order valence-corrected chi connectivity index (χ1v) is 5.99. The van der Waals surface area contributed by atoms with Gasteiger partial charge in [-0.25, -0.2) is 0 Å². The van der Waals surface area contributed by atoms with E-state index >= 15 is 0 Å². The summed E-state index contributed by atoms with van der Waals surface area (Å²) in [5, 5.41) is 36.1. The normalized spacial score (nSPS) is 10.4. The third-order valence-electron chi connectivity index (χ3n) is 2.08. The molecule has 1 aromatic heterocycles. The molecule has 7 heteroatoms. The summed E-state index contributed by atoms with van der Waals surface area (Å²) in [5.74, 6) is 0.635. The van der Waals surface area contributed by atoms with E-state index in [0.717, 1.165) is 0 Å². The first kappa shape index (κ1) is 12.3. The number of aromatic nitrogens is 3. The Morgan fingerprint density at radius 3 is 2.78 bits per heavy atom. The van der Waals surface area contributed by atoms with Crippen LogP contribution in [0.1, 0.15) is 0 Å². The Hall–Kier alpha value is -2.15. The number of thioether (sulfide) groups is 1. The van der Waals surface area contributed by atoms with Gasteiger partial charge in [-0.3, -0.25) is 0 Å². The van der Waals surface area contributed by atoms with E-state index in [1.807, 2.05) is 0 Å². The lowest BCUT2D eigenvalue weighted by molar-refractivity contribution is 0.420. The van der Waals surface area contributed by atoms with Crippen LogP contribution in [0.25, 0.3) is 11.4 Å². The van der Waals surface area contributed by atoms with Gasteiger partial charge in [0.05, 0.1) is 17.1 Å². The molecule has 0 radical (unpaired) electrons. The second-order valence-electron chi connectivity index (χ2n) is 3.54. The van der Waals surface area contributed by atoms with Crippen molar-refractivity contribution in [2.24, 2.45) is 0 Å². The zero-order valence-electron chi connectivity index (χ0n) is 9.29. The maximum atomic E-state index is 9.66. The second-order valence-corrected chi connectivity index (χ2v) is 4.50. The van der Waals surface area contributed by atoms with E-state index in [-0.39, 0.29) is 17.3 Å². The fourth-order valence-electron chi connectivity index (χ4n) is 1.30. The van der Waals surface area contributed by atoms with Crippen LogP contribution in [0.4, 0.5) is 0 Å². The van der Waals surface area contributed by atoms with Crippen molar-refractivity contribution in [3.05, 3.63) is 30.5 Å². The molecule has 0 aliphatic rings. The molecule has 6 nitrogen and oxygen atoms in total. The monoisotopic (exact) mass is 265 g/mol. The number of aliphatic hydroxyl groups excluding tert-OH is 1. The number of benzene rings is 1. The molecule has 0 amide bonds. The molecule has 4 N–H and O–H groups in total. The molecule has 2 rings (SSSR count). The molecule has 18 heavy (non-hydrogen) atoms. The van der Waals surface area contributed by atoms with E-state index < -0.39 is 0 Å². The van der Waals surface area contributed by atoms with Crippen LogP contribution in [0.3, 0.4) is 0 Å². The summed E-state index contributed by atoms with van der Waals surface area (Å²) in [4.78, 5) is 2.89. The van der Waals surface area contributed by atoms with Gasteiger partial charge < -0.3 is 20.3 Å². The Morgan fingerprint density at radius 1 is 1.33 bits per heavy atom. The maximum Gasteiger partial charge on any atom is 0.189 e. The van der Waals surface area contributed by atoms with Gasteiger partial charge in [-0.15, -0.1) is 10.2 Å². The Labute approximate surface area is 107 Å². The number of rotatable bonds is 4. The van der Waals surface area contributed by atoms with Crippen LogP contribution in [-0.4, -0.2) is 36.3 Å². The number of hydrogen-bond donors (Lipinski definition) is 4. The minimum atomic E-state index is -0.0886. The molecule has 1 aromatic carbocycles. The third kappa shape index (κ3) is 2.75. The van der Waals surface area contributed by atoms with Crippen LogP contribution >= 0.6 is 11.8 Å². The van der Waals surface area contributed by atoms with Crippen LogP contribution in [0.15, 0.2) is 35.7 Å². The number of aromatic hydroxyl groups is 2. The number of nitrogens with one attached hydrogen (secondary N) is 1. The number of H-pyrrole nitrogens is 1. The average Bonchev–Trinajstić information content (AvgIpc) is 2.75. The lowest BCUT2D eigenvalue weighted by Gasteiger charge is -2.00. The predicted octanol–water partition coefficient (Wildman–Crippen LogP) is 2.05. The topological polar surface area (TPSA) is 102 Å². The number of phenolic OH excluding ortho intramolecular Hbond substituents is 2. The number of aromatic amines is 1. The summed E-state index contributed by atoms with van der Waals surface area (Å²) in [6, 6.07) is 4.20. The van der Waals surface area contributed by atoms with Crippen LogP contribution in [-0.2, 0) is 0 Å². The van der Waals surface area contributed by atoms with E-state index in [9.17, 15) is 10.2 Å². The SMILES string of the molecule is C=C(O)CSc1nnc(-c2ccc(O)cc2O)[nH]1. The molecule has 0 aliphatic heterocycles. The molecule has 0 saturated carbocycles. The van der Waals surface area contributed by atoms with E-state index in [4.69, 9.17) is 5.11 Å². The smallest absolute Gasteiger partial charge is 0.189 e. The highest BCUT2D eigenvalue weighted by atomic mass is 32.2. The number of aliphatic hydroxyl groups is 1. The van der Waals surface area contributed by atoms with Crippen LogP contribution in [0, 0.1) is 0 Å². The van der Waals surface area contributed by atoms with Gasteiger partial charge >= 0.3 is 0 Å². The van der Waals surface area contributed by atoms with Gasteiger partial charge in [0.25, 0.3) is 0 Å². The van der Waals surface area contributed by atoms with Crippen molar-refractivity contribution in [1.82, 2.24) is 15.2 Å². The molecule has 0 atom stereocenters. The van der Waals surface area contributed by atoms with Gasteiger partial charge in [-0.1, -0.05) is 18.3 Å². The van der Waals surface area contributed by atoms with Crippen molar-refractivity contribution in [1.29, 1.82) is 0 Å². The minimum absolute atomic E-state index is 0.0260. The summed E-state index contributed by atoms with van der Waals surface area (Å²) in [6.45, 7) is 3.36. The van der Waals surface area contributed by atoms with Gasteiger partial charge in [0.1, 0.15) is 11.5 Å². The highest BCUT2D eigenvalue weighted by Gasteiger charge is 2.10. The number of nitrogens with zero attached hydrogens (tertiary/aromatic N) is 2. The number of hydrogen-bond acceptors (Lipinski definition) is 6. The molecular formula is C11H11N3O3S. The molecular weight excluding hydrogens is 254 g/mol. The van der Waals surface area contributed by atoms with E-state index in [1.54, 1.807) is 0 Å². The summed E-state index contributed by atoms with van der Waals surface area (Å²) in [6.07, 6.45) is 0. The summed E-state index contributed by atoms with van der Waals surface area (Å²) >= 11 is 1.24. The Balaban J connectivity index is 2.21. The van der Waals surface area contributed by atoms with Crippen molar-refractivity contribution in [2.75, 3.05) is 5.75 Å². The van der Waals surface area contributed by atoms with Crippen molar-refractivity contribution in [2.45, 2.75) is 5.16 Å². The molecule has 0 bridgehead atoms. The van der Waals surface area contributed by atoms with E-state index in [0.29, 0.717) is 22.3 Å². The first-order chi connectivity index (χ1) is 8.56. The molecule has 0 unspecified atom stereocenters. The van der Waals surface area contributed by atoms with Gasteiger partial charge in [0.2, 0.25) is 0 Å². The van der Waals surface area contributed by atoms with Gasteiger partial charge in [-0.05, 0) is 12.1 Å². The summed E-state index contributed by atoms with van der Waals surface area (Å²) in [5.41, 5.74) is 0.440. The molecule has 0 aliphatic carbocycles. The Kier molecular flexibility index (Phi) is 3.42. The highest BCUT2D eigenvalue weighted by Crippen LogP contribution is 2.30. The van der Waals surface area contributed by atoms with Crippen molar-refractivity contribution >= 4 is 11.8 Å². The molecule has 0 saturated heterocycles. The maximum absolute atomic E-state index is 9.66. The van der Waals surface area contributed by atoms with E-state index in [2.05, 4.69) is 21.8 Å². The van der Waals surface area contributed by atoms with Crippen molar-refractivity contribution < 1.29 is 15.3 Å². The van der Waals surface area contributed by atoms with Gasteiger partial charge in [0.15, 0.2) is 11.0 Å². The molecule has 0 spiro atoms. The lowest BCUT2D eigenvalue weighted by atomic mass is 10.2. The molecule has 1 heterocycles.